The third-order valence-electron chi connectivity index (χ3n) is 2.34. The van der Waals surface area contributed by atoms with Gasteiger partial charge in [-0.15, -0.1) is 0 Å². The number of hydrogen-bond acceptors (Lipinski definition) is 5. The van der Waals surface area contributed by atoms with Crippen LogP contribution in [-0.4, -0.2) is 66.7 Å². The lowest BCUT2D eigenvalue weighted by atomic mass is 10.2. The van der Waals surface area contributed by atoms with E-state index in [0.29, 0.717) is 0 Å². The molecular weight excluding hydrogens is 246 g/mol. The first kappa shape index (κ1) is 13.7. The number of amides is 3. The van der Waals surface area contributed by atoms with Crippen LogP contribution in [0.1, 0.15) is 0 Å². The van der Waals surface area contributed by atoms with Gasteiger partial charge in [0, 0.05) is 6.54 Å². The van der Waals surface area contributed by atoms with Gasteiger partial charge in [0.05, 0.1) is 7.11 Å². The molecule has 1 heterocycles. The predicted molar refractivity (Wildman–Crippen MR) is 56.6 cm³/mol. The maximum absolute atomic E-state index is 11.6. The smallest absolute Gasteiger partial charge is 0.328 e. The van der Waals surface area contributed by atoms with Gasteiger partial charge in [-0.3, -0.25) is 14.5 Å². The van der Waals surface area contributed by atoms with E-state index in [1.54, 1.807) is 0 Å². The molecule has 0 aromatic heterocycles. The highest BCUT2D eigenvalue weighted by molar-refractivity contribution is 5.91. The lowest BCUT2D eigenvalue weighted by Gasteiger charge is -2.32. The van der Waals surface area contributed by atoms with E-state index >= 15 is 0 Å². The molecule has 1 atom stereocenters. The van der Waals surface area contributed by atoms with E-state index in [9.17, 15) is 19.2 Å². The van der Waals surface area contributed by atoms with Crippen LogP contribution in [0.3, 0.4) is 0 Å². The first-order valence-electron chi connectivity index (χ1n) is 5.06. The van der Waals surface area contributed by atoms with E-state index in [1.807, 2.05) is 0 Å². The largest absolute Gasteiger partial charge is 0.480 e. The second-order valence-electron chi connectivity index (χ2n) is 3.52. The summed E-state index contributed by atoms with van der Waals surface area (Å²) in [7, 11) is 1.16. The minimum atomic E-state index is -1.23. The standard InChI is InChI=1S/C9H13N3O6/c1-18-7(14)3-11-9(17)12-4-6(13)10-2-5(12)8(15)16/h5H,2-4H2,1H3,(H,10,13)(H,11,17)(H,15,16). The summed E-state index contributed by atoms with van der Waals surface area (Å²) >= 11 is 0. The van der Waals surface area contributed by atoms with Gasteiger partial charge in [-0.1, -0.05) is 0 Å². The Kier molecular flexibility index (Phi) is 4.46. The van der Waals surface area contributed by atoms with E-state index < -0.39 is 29.9 Å². The van der Waals surface area contributed by atoms with Gasteiger partial charge in [0.1, 0.15) is 19.1 Å². The van der Waals surface area contributed by atoms with Crippen molar-refractivity contribution in [2.24, 2.45) is 0 Å². The summed E-state index contributed by atoms with van der Waals surface area (Å²) in [6.07, 6.45) is 0. The number of carboxylic acid groups (broad SMARTS) is 1. The topological polar surface area (TPSA) is 125 Å². The van der Waals surface area contributed by atoms with Crippen LogP contribution < -0.4 is 10.6 Å². The molecule has 9 heteroatoms. The van der Waals surface area contributed by atoms with E-state index in [1.165, 1.54) is 0 Å². The molecular formula is C9H13N3O6. The maximum atomic E-state index is 11.6. The summed E-state index contributed by atoms with van der Waals surface area (Å²) in [6.45, 7) is -0.927. The number of piperazine rings is 1. The van der Waals surface area contributed by atoms with Crippen molar-refractivity contribution in [2.75, 3.05) is 26.7 Å². The van der Waals surface area contributed by atoms with Crippen LogP contribution in [0.25, 0.3) is 0 Å². The number of esters is 1. The Balaban J connectivity index is 2.64. The molecule has 1 rings (SSSR count). The third kappa shape index (κ3) is 3.34. The normalized spacial score (nSPS) is 18.8. The van der Waals surface area contributed by atoms with Gasteiger partial charge in [-0.25, -0.2) is 9.59 Å². The van der Waals surface area contributed by atoms with E-state index in [0.717, 1.165) is 12.0 Å². The molecule has 1 fully saturated rings. The van der Waals surface area contributed by atoms with Gasteiger partial charge >= 0.3 is 18.0 Å². The molecule has 0 radical (unpaired) electrons. The Morgan fingerprint density at radius 2 is 2.22 bits per heavy atom. The fourth-order valence-electron chi connectivity index (χ4n) is 1.40. The molecule has 1 aliphatic rings. The van der Waals surface area contributed by atoms with Gasteiger partial charge in [-0.2, -0.15) is 0 Å². The Morgan fingerprint density at radius 3 is 2.78 bits per heavy atom. The molecule has 1 aliphatic heterocycles. The number of nitrogens with one attached hydrogen (secondary N) is 2. The average Bonchev–Trinajstić information content (AvgIpc) is 2.34. The van der Waals surface area contributed by atoms with Gasteiger partial charge < -0.3 is 20.5 Å². The Morgan fingerprint density at radius 1 is 1.56 bits per heavy atom. The molecule has 0 spiro atoms. The van der Waals surface area contributed by atoms with Crippen molar-refractivity contribution >= 4 is 23.9 Å². The summed E-state index contributed by atoms with van der Waals surface area (Å²) in [6, 6.07) is -1.96. The minimum absolute atomic E-state index is 0.167. The first-order valence-corrected chi connectivity index (χ1v) is 5.06. The van der Waals surface area contributed by atoms with Crippen molar-refractivity contribution in [3.05, 3.63) is 0 Å². The van der Waals surface area contributed by atoms with Crippen molar-refractivity contribution in [1.82, 2.24) is 15.5 Å². The highest BCUT2D eigenvalue weighted by Gasteiger charge is 2.35. The van der Waals surface area contributed by atoms with Crippen LogP contribution in [0.15, 0.2) is 0 Å². The summed E-state index contributed by atoms with van der Waals surface area (Å²) in [5.74, 6) is -2.36. The van der Waals surface area contributed by atoms with Crippen molar-refractivity contribution in [2.45, 2.75) is 6.04 Å². The number of carbonyl (C=O) groups excluding carboxylic acids is 3. The molecule has 0 aromatic rings. The summed E-state index contributed by atoms with van der Waals surface area (Å²) < 4.78 is 4.32. The SMILES string of the molecule is COC(=O)CNC(=O)N1CC(=O)NCC1C(=O)O. The number of carboxylic acids is 1. The number of aliphatic carboxylic acids is 1. The van der Waals surface area contributed by atoms with E-state index in [4.69, 9.17) is 5.11 Å². The molecule has 9 nitrogen and oxygen atoms in total. The highest BCUT2D eigenvalue weighted by Crippen LogP contribution is 2.04. The van der Waals surface area contributed by atoms with Crippen molar-refractivity contribution < 1.29 is 29.0 Å². The number of carbonyl (C=O) groups is 4. The highest BCUT2D eigenvalue weighted by atomic mass is 16.5. The number of hydrogen-bond donors (Lipinski definition) is 3. The average molecular weight is 259 g/mol. The number of urea groups is 1. The Bertz CT molecular complexity index is 382. The molecule has 3 N–H and O–H groups in total. The van der Waals surface area contributed by atoms with Gasteiger partial charge in [-0.05, 0) is 0 Å². The molecule has 1 unspecified atom stereocenters. The summed E-state index contributed by atoms with van der Waals surface area (Å²) in [5, 5.41) is 13.4. The zero-order valence-electron chi connectivity index (χ0n) is 9.63. The zero-order valence-corrected chi connectivity index (χ0v) is 9.63. The van der Waals surface area contributed by atoms with Gasteiger partial charge in [0.15, 0.2) is 0 Å². The number of nitrogens with zero attached hydrogens (tertiary/aromatic N) is 1. The molecule has 0 bridgehead atoms. The summed E-state index contributed by atoms with van der Waals surface area (Å²) in [4.78, 5) is 45.4. The van der Waals surface area contributed by atoms with Crippen LogP contribution >= 0.6 is 0 Å². The fraction of sp³-hybridized carbons (Fsp3) is 0.556. The maximum Gasteiger partial charge on any atom is 0.328 e. The second-order valence-corrected chi connectivity index (χ2v) is 3.52. The van der Waals surface area contributed by atoms with Gasteiger partial charge in [0.25, 0.3) is 0 Å². The minimum Gasteiger partial charge on any atom is -0.480 e. The zero-order chi connectivity index (χ0) is 13.7. The quantitative estimate of drug-likeness (QED) is 0.492. The lowest BCUT2D eigenvalue weighted by molar-refractivity contribution is -0.144. The second kappa shape index (κ2) is 5.84. The molecule has 1 saturated heterocycles. The van der Waals surface area contributed by atoms with Gasteiger partial charge in [0.2, 0.25) is 5.91 Å². The number of ether oxygens (including phenoxy) is 1. The molecule has 18 heavy (non-hydrogen) atoms. The first-order chi connectivity index (χ1) is 8.45. The molecule has 3 amide bonds. The summed E-state index contributed by atoms with van der Waals surface area (Å²) in [5.41, 5.74) is 0. The molecule has 0 saturated carbocycles. The fourth-order valence-corrected chi connectivity index (χ4v) is 1.40. The molecule has 0 aliphatic carbocycles. The van der Waals surface area contributed by atoms with Crippen LogP contribution in [0, 0.1) is 0 Å². The number of methoxy groups -OCH3 is 1. The van der Waals surface area contributed by atoms with Crippen molar-refractivity contribution in [3.63, 3.8) is 0 Å². The van der Waals surface area contributed by atoms with Crippen LogP contribution in [0.5, 0.6) is 0 Å². The Hall–Kier alpha value is -2.32. The van der Waals surface area contributed by atoms with Crippen LogP contribution in [0.2, 0.25) is 0 Å². The van der Waals surface area contributed by atoms with Crippen molar-refractivity contribution in [1.29, 1.82) is 0 Å². The lowest BCUT2D eigenvalue weighted by Crippen LogP contribution is -2.61. The monoisotopic (exact) mass is 259 g/mol. The van der Waals surface area contributed by atoms with Crippen molar-refractivity contribution in [3.8, 4) is 0 Å². The third-order valence-corrected chi connectivity index (χ3v) is 2.34. The van der Waals surface area contributed by atoms with E-state index in [2.05, 4.69) is 15.4 Å². The Labute approximate surface area is 102 Å². The van der Waals surface area contributed by atoms with Crippen LogP contribution in [0.4, 0.5) is 4.79 Å². The van der Waals surface area contributed by atoms with Crippen LogP contribution in [-0.2, 0) is 19.1 Å². The predicted octanol–water partition coefficient (Wildman–Crippen LogP) is -2.25. The molecule has 100 valence electrons. The molecule has 0 aromatic carbocycles. The number of rotatable bonds is 3. The van der Waals surface area contributed by atoms with E-state index in [-0.39, 0.29) is 19.6 Å².